The van der Waals surface area contributed by atoms with Crippen LogP contribution in [0.3, 0.4) is 0 Å². The molecule has 0 N–H and O–H groups in total. The monoisotopic (exact) mass is 344 g/mol. The fourth-order valence-corrected chi connectivity index (χ4v) is 4.70. The molecule has 2 aromatic carbocycles. The number of hydrogen-bond donors (Lipinski definition) is 0. The van der Waals surface area contributed by atoms with Gasteiger partial charge in [0.1, 0.15) is 0 Å². The fourth-order valence-electron chi connectivity index (χ4n) is 2.74. The highest BCUT2D eigenvalue weighted by Crippen LogP contribution is 2.23. The molecule has 0 radical (unpaired) electrons. The maximum atomic E-state index is 2.60. The van der Waals surface area contributed by atoms with Crippen LogP contribution in [0.15, 0.2) is 70.5 Å². The van der Waals surface area contributed by atoms with E-state index in [-0.39, 0.29) is 0 Å². The van der Waals surface area contributed by atoms with Crippen molar-refractivity contribution in [1.29, 1.82) is 0 Å². The molecule has 0 spiro atoms. The Bertz CT molecular complexity index is 576. The Hall–Kier alpha value is -0.940. The summed E-state index contributed by atoms with van der Waals surface area (Å²) in [6, 6.07) is 22.0. The molecule has 3 rings (SSSR count). The molecule has 0 aliphatic carbocycles. The van der Waals surface area contributed by atoms with Gasteiger partial charge in [0, 0.05) is 47.2 Å². The first-order valence-corrected chi connectivity index (χ1v) is 10.1. The van der Waals surface area contributed by atoms with Crippen molar-refractivity contribution in [3.63, 3.8) is 0 Å². The van der Waals surface area contributed by atoms with Gasteiger partial charge >= 0.3 is 0 Å². The Morgan fingerprint density at radius 1 is 0.826 bits per heavy atom. The summed E-state index contributed by atoms with van der Waals surface area (Å²) in [5.41, 5.74) is 0. The predicted octanol–water partition coefficient (Wildman–Crippen LogP) is 4.49. The van der Waals surface area contributed by atoms with E-state index in [1.165, 1.54) is 16.3 Å². The minimum atomic E-state index is 0.622. The second-order valence-electron chi connectivity index (χ2n) is 5.91. The van der Waals surface area contributed by atoms with Gasteiger partial charge < -0.3 is 0 Å². The van der Waals surface area contributed by atoms with Crippen LogP contribution >= 0.6 is 23.5 Å². The molecule has 0 amide bonds. The smallest absolute Gasteiger partial charge is 0.0495 e. The Labute approximate surface area is 148 Å². The van der Waals surface area contributed by atoms with Crippen molar-refractivity contribution in [2.24, 2.45) is 0 Å². The molecule has 0 aromatic heterocycles. The molecule has 122 valence electrons. The Morgan fingerprint density at radius 3 is 1.96 bits per heavy atom. The van der Waals surface area contributed by atoms with Crippen LogP contribution in [0.1, 0.15) is 6.92 Å². The molecular formula is C19H24N2S2. The third-order valence-corrected chi connectivity index (χ3v) is 6.31. The van der Waals surface area contributed by atoms with Crippen LogP contribution in [0, 0.1) is 0 Å². The second kappa shape index (κ2) is 8.78. The molecule has 1 heterocycles. The van der Waals surface area contributed by atoms with Crippen LogP contribution in [0.2, 0.25) is 0 Å². The summed E-state index contributed by atoms with van der Waals surface area (Å²) in [6.07, 6.45) is 0. The topological polar surface area (TPSA) is 6.48 Å². The van der Waals surface area contributed by atoms with Gasteiger partial charge in [0.25, 0.3) is 0 Å². The van der Waals surface area contributed by atoms with Crippen LogP contribution < -0.4 is 0 Å². The van der Waals surface area contributed by atoms with E-state index < -0.39 is 0 Å². The summed E-state index contributed by atoms with van der Waals surface area (Å²) < 4.78 is 0. The van der Waals surface area contributed by atoms with Crippen molar-refractivity contribution in [2.75, 3.05) is 31.4 Å². The Balaban J connectivity index is 1.42. The Morgan fingerprint density at radius 2 is 1.39 bits per heavy atom. The van der Waals surface area contributed by atoms with Gasteiger partial charge in [0.15, 0.2) is 0 Å². The lowest BCUT2D eigenvalue weighted by Crippen LogP contribution is -2.51. The van der Waals surface area contributed by atoms with Gasteiger partial charge in [-0.05, 0) is 31.2 Å². The fraction of sp³-hybridized carbons (Fsp3) is 0.368. The third-order valence-electron chi connectivity index (χ3n) is 4.15. The highest BCUT2D eigenvalue weighted by molar-refractivity contribution is 7.99. The zero-order valence-corrected chi connectivity index (χ0v) is 15.2. The number of piperazine rings is 1. The molecule has 2 nitrogen and oxygen atoms in total. The summed E-state index contributed by atoms with van der Waals surface area (Å²) in [7, 11) is 0. The van der Waals surface area contributed by atoms with Crippen molar-refractivity contribution in [3.8, 4) is 0 Å². The molecule has 0 bridgehead atoms. The molecule has 4 heteroatoms. The van der Waals surface area contributed by atoms with Crippen molar-refractivity contribution in [1.82, 2.24) is 9.80 Å². The lowest BCUT2D eigenvalue weighted by atomic mass is 10.2. The number of nitrogens with zero attached hydrogens (tertiary/aromatic N) is 2. The minimum absolute atomic E-state index is 0.622. The first-order chi connectivity index (χ1) is 11.3. The first-order valence-electron chi connectivity index (χ1n) is 8.13. The number of thioether (sulfide) groups is 2. The average Bonchev–Trinajstić information content (AvgIpc) is 2.61. The molecule has 1 fully saturated rings. The minimum Gasteiger partial charge on any atom is -0.291 e. The molecule has 1 aliphatic rings. The highest BCUT2D eigenvalue weighted by Gasteiger charge is 2.23. The van der Waals surface area contributed by atoms with E-state index in [2.05, 4.69) is 77.4 Å². The van der Waals surface area contributed by atoms with Crippen molar-refractivity contribution >= 4 is 23.5 Å². The standard InChI is InChI=1S/C19H24N2S2/c1-17-14-20(15-22-18-8-4-2-5-9-18)12-13-21(17)16-23-19-10-6-3-7-11-19/h2-11,17H,12-16H2,1H3. The van der Waals surface area contributed by atoms with Crippen LogP contribution in [0.5, 0.6) is 0 Å². The summed E-state index contributed by atoms with van der Waals surface area (Å²) in [6.45, 7) is 5.84. The van der Waals surface area contributed by atoms with Crippen molar-refractivity contribution in [3.05, 3.63) is 60.7 Å². The lowest BCUT2D eigenvalue weighted by Gasteiger charge is -2.39. The van der Waals surface area contributed by atoms with Crippen LogP contribution in [0.4, 0.5) is 0 Å². The maximum absolute atomic E-state index is 2.60. The Kier molecular flexibility index (Phi) is 6.46. The van der Waals surface area contributed by atoms with Gasteiger partial charge in [-0.2, -0.15) is 0 Å². The van der Waals surface area contributed by atoms with Gasteiger partial charge in [-0.1, -0.05) is 36.4 Å². The average molecular weight is 345 g/mol. The summed E-state index contributed by atoms with van der Waals surface area (Å²) in [5.74, 6) is 2.18. The van der Waals surface area contributed by atoms with E-state index in [1.54, 1.807) is 0 Å². The second-order valence-corrected chi connectivity index (χ2v) is 7.95. The lowest BCUT2D eigenvalue weighted by molar-refractivity contribution is 0.115. The van der Waals surface area contributed by atoms with Gasteiger partial charge in [0.2, 0.25) is 0 Å². The van der Waals surface area contributed by atoms with E-state index in [9.17, 15) is 0 Å². The maximum Gasteiger partial charge on any atom is 0.0495 e. The van der Waals surface area contributed by atoms with Crippen molar-refractivity contribution < 1.29 is 0 Å². The highest BCUT2D eigenvalue weighted by atomic mass is 32.2. The van der Waals surface area contributed by atoms with Gasteiger partial charge in [-0.3, -0.25) is 9.80 Å². The molecule has 1 atom stereocenters. The summed E-state index contributed by atoms with van der Waals surface area (Å²) >= 11 is 3.89. The van der Waals surface area contributed by atoms with Crippen molar-refractivity contribution in [2.45, 2.75) is 22.8 Å². The molecule has 2 aromatic rings. The van der Waals surface area contributed by atoms with Crippen LogP contribution in [0.25, 0.3) is 0 Å². The van der Waals surface area contributed by atoms with E-state index in [4.69, 9.17) is 0 Å². The van der Waals surface area contributed by atoms with E-state index in [0.717, 1.165) is 24.8 Å². The zero-order valence-electron chi connectivity index (χ0n) is 13.6. The van der Waals surface area contributed by atoms with Crippen LogP contribution in [-0.4, -0.2) is 47.2 Å². The molecule has 1 aliphatic heterocycles. The van der Waals surface area contributed by atoms with E-state index in [1.807, 2.05) is 23.5 Å². The molecule has 0 saturated carbocycles. The van der Waals surface area contributed by atoms with E-state index >= 15 is 0 Å². The first kappa shape index (κ1) is 16.9. The molecule has 1 saturated heterocycles. The summed E-state index contributed by atoms with van der Waals surface area (Å²) in [4.78, 5) is 7.90. The third kappa shape index (κ3) is 5.28. The molecular weight excluding hydrogens is 320 g/mol. The molecule has 23 heavy (non-hydrogen) atoms. The number of rotatable bonds is 6. The SMILES string of the molecule is CC1CN(CSc2ccccc2)CCN1CSc1ccccc1. The summed E-state index contributed by atoms with van der Waals surface area (Å²) in [5, 5.41) is 0. The van der Waals surface area contributed by atoms with Gasteiger partial charge in [-0.25, -0.2) is 0 Å². The molecule has 1 unspecified atom stereocenters. The van der Waals surface area contributed by atoms with Gasteiger partial charge in [0.05, 0.1) is 0 Å². The number of hydrogen-bond acceptors (Lipinski definition) is 4. The normalized spacial score (nSPS) is 19.8. The van der Waals surface area contributed by atoms with Crippen LogP contribution in [-0.2, 0) is 0 Å². The zero-order chi connectivity index (χ0) is 15.9. The van der Waals surface area contributed by atoms with E-state index in [0.29, 0.717) is 6.04 Å². The predicted molar refractivity (Wildman–Crippen MR) is 102 cm³/mol. The number of benzene rings is 2. The quantitative estimate of drug-likeness (QED) is 0.712. The van der Waals surface area contributed by atoms with Gasteiger partial charge in [-0.15, -0.1) is 23.5 Å². The largest absolute Gasteiger partial charge is 0.291 e.